The number of rotatable bonds is 5. The summed E-state index contributed by atoms with van der Waals surface area (Å²) in [6.45, 7) is 4.25. The van der Waals surface area contributed by atoms with E-state index in [1.54, 1.807) is 7.11 Å². The largest absolute Gasteiger partial charge is 0.383 e. The van der Waals surface area contributed by atoms with Gasteiger partial charge in [0, 0.05) is 43.4 Å². The minimum absolute atomic E-state index is 0.429. The van der Waals surface area contributed by atoms with Crippen molar-refractivity contribution in [1.29, 1.82) is 0 Å². The zero-order valence-corrected chi connectivity index (χ0v) is 11.7. The molecule has 3 nitrogen and oxygen atoms in total. The number of hydrogen-bond donors (Lipinski definition) is 1. The number of benzene rings is 1. The number of anilines is 1. The third-order valence-corrected chi connectivity index (χ3v) is 3.87. The predicted molar refractivity (Wildman–Crippen MR) is 74.5 cm³/mol. The number of nitrogens with one attached hydrogen (secondary N) is 1. The van der Waals surface area contributed by atoms with Gasteiger partial charge in [0.05, 0.1) is 6.10 Å². The van der Waals surface area contributed by atoms with Crippen LogP contribution in [0.2, 0.25) is 0 Å². The molecule has 0 spiro atoms. The molecule has 0 bridgehead atoms. The van der Waals surface area contributed by atoms with Crippen LogP contribution in [0, 0.1) is 0 Å². The average Bonchev–Trinajstić information content (AvgIpc) is 2.80. The van der Waals surface area contributed by atoms with Crippen LogP contribution in [0.15, 0.2) is 28.7 Å². The van der Waals surface area contributed by atoms with Crippen molar-refractivity contribution < 1.29 is 4.74 Å². The van der Waals surface area contributed by atoms with Gasteiger partial charge in [-0.3, -0.25) is 4.90 Å². The Labute approximate surface area is 111 Å². The number of hydrogen-bond acceptors (Lipinski definition) is 3. The van der Waals surface area contributed by atoms with E-state index in [0.717, 1.165) is 42.8 Å². The second-order valence-corrected chi connectivity index (χ2v) is 5.21. The van der Waals surface area contributed by atoms with Crippen molar-refractivity contribution in [3.8, 4) is 0 Å². The van der Waals surface area contributed by atoms with Gasteiger partial charge < -0.3 is 10.1 Å². The Morgan fingerprint density at radius 3 is 3.00 bits per heavy atom. The fourth-order valence-corrected chi connectivity index (χ4v) is 2.57. The van der Waals surface area contributed by atoms with Crippen molar-refractivity contribution in [3.05, 3.63) is 28.7 Å². The first kappa shape index (κ1) is 12.9. The lowest BCUT2D eigenvalue weighted by Gasteiger charge is -2.16. The Morgan fingerprint density at radius 2 is 2.29 bits per heavy atom. The van der Waals surface area contributed by atoms with Gasteiger partial charge in [-0.05, 0) is 34.5 Å². The molecule has 1 saturated heterocycles. The van der Waals surface area contributed by atoms with E-state index in [0.29, 0.717) is 6.10 Å². The van der Waals surface area contributed by atoms with E-state index in [2.05, 4.69) is 38.3 Å². The highest BCUT2D eigenvalue weighted by Gasteiger charge is 2.21. The van der Waals surface area contributed by atoms with Crippen LogP contribution in [0.4, 0.5) is 5.69 Å². The summed E-state index contributed by atoms with van der Waals surface area (Å²) in [6, 6.07) is 8.22. The topological polar surface area (TPSA) is 24.5 Å². The van der Waals surface area contributed by atoms with Gasteiger partial charge in [-0.1, -0.05) is 12.1 Å². The smallest absolute Gasteiger partial charge is 0.0710 e. The lowest BCUT2D eigenvalue weighted by atomic mass is 10.3. The summed E-state index contributed by atoms with van der Waals surface area (Å²) in [7, 11) is 1.80. The highest BCUT2D eigenvalue weighted by molar-refractivity contribution is 9.10. The quantitative estimate of drug-likeness (QED) is 0.904. The van der Waals surface area contributed by atoms with Gasteiger partial charge >= 0.3 is 0 Å². The number of halogens is 1. The van der Waals surface area contributed by atoms with E-state index in [9.17, 15) is 0 Å². The average molecular weight is 299 g/mol. The first-order valence-electron chi connectivity index (χ1n) is 6.03. The van der Waals surface area contributed by atoms with Crippen LogP contribution in [0.3, 0.4) is 0 Å². The molecule has 0 aliphatic carbocycles. The van der Waals surface area contributed by atoms with Gasteiger partial charge in [0.25, 0.3) is 0 Å². The van der Waals surface area contributed by atoms with E-state index < -0.39 is 0 Å². The molecule has 1 unspecified atom stereocenters. The number of ether oxygens (including phenoxy) is 1. The fourth-order valence-electron chi connectivity index (χ4n) is 2.15. The number of likely N-dealkylation sites (tertiary alicyclic amines) is 1. The Kier molecular flexibility index (Phi) is 4.83. The van der Waals surface area contributed by atoms with E-state index in [4.69, 9.17) is 4.74 Å². The Bertz CT molecular complexity index is 359. The fraction of sp³-hybridized carbons (Fsp3) is 0.538. The predicted octanol–water partition coefficient (Wildman–Crippen LogP) is 2.58. The monoisotopic (exact) mass is 298 g/mol. The lowest BCUT2D eigenvalue weighted by Crippen LogP contribution is -2.28. The van der Waals surface area contributed by atoms with Crippen LogP contribution >= 0.6 is 15.9 Å². The summed E-state index contributed by atoms with van der Waals surface area (Å²) in [5, 5.41) is 3.44. The molecule has 2 rings (SSSR count). The van der Waals surface area contributed by atoms with E-state index in [1.807, 2.05) is 12.1 Å². The molecule has 4 heteroatoms. The van der Waals surface area contributed by atoms with Gasteiger partial charge in [-0.25, -0.2) is 0 Å². The highest BCUT2D eigenvalue weighted by Crippen LogP contribution is 2.21. The summed E-state index contributed by atoms with van der Waals surface area (Å²) < 4.78 is 6.48. The Hall–Kier alpha value is -0.580. The molecule has 0 radical (unpaired) electrons. The molecular formula is C13H19BrN2O. The second kappa shape index (κ2) is 6.38. The van der Waals surface area contributed by atoms with Crippen molar-refractivity contribution in [2.75, 3.05) is 38.6 Å². The van der Waals surface area contributed by atoms with Crippen LogP contribution in [0.25, 0.3) is 0 Å². The molecule has 0 aromatic heterocycles. The van der Waals surface area contributed by atoms with Crippen LogP contribution in [0.5, 0.6) is 0 Å². The van der Waals surface area contributed by atoms with Crippen LogP contribution in [-0.2, 0) is 4.74 Å². The maximum absolute atomic E-state index is 5.36. The number of nitrogens with zero attached hydrogens (tertiary/aromatic N) is 1. The molecule has 1 aliphatic heterocycles. The van der Waals surface area contributed by atoms with Crippen molar-refractivity contribution in [1.82, 2.24) is 4.90 Å². The molecule has 17 heavy (non-hydrogen) atoms. The normalized spacial score (nSPS) is 20.7. The second-order valence-electron chi connectivity index (χ2n) is 4.35. The van der Waals surface area contributed by atoms with Crippen molar-refractivity contribution >= 4 is 21.6 Å². The molecule has 1 N–H and O–H groups in total. The number of methoxy groups -OCH3 is 1. The van der Waals surface area contributed by atoms with Crippen molar-refractivity contribution in [3.63, 3.8) is 0 Å². The minimum Gasteiger partial charge on any atom is -0.383 e. The number of para-hydroxylation sites is 1. The molecular weight excluding hydrogens is 280 g/mol. The summed E-state index contributed by atoms with van der Waals surface area (Å²) in [4.78, 5) is 2.44. The molecule has 94 valence electrons. The van der Waals surface area contributed by atoms with Gasteiger partial charge in [0.2, 0.25) is 0 Å². The molecule has 0 saturated carbocycles. The van der Waals surface area contributed by atoms with Crippen molar-refractivity contribution in [2.45, 2.75) is 12.5 Å². The summed E-state index contributed by atoms with van der Waals surface area (Å²) in [5.41, 5.74) is 1.16. The summed E-state index contributed by atoms with van der Waals surface area (Å²) in [6.07, 6.45) is 1.59. The van der Waals surface area contributed by atoms with E-state index >= 15 is 0 Å². The van der Waals surface area contributed by atoms with E-state index in [-0.39, 0.29) is 0 Å². The van der Waals surface area contributed by atoms with Gasteiger partial charge in [0.1, 0.15) is 0 Å². The third kappa shape index (κ3) is 3.69. The molecule has 1 fully saturated rings. The molecule has 1 heterocycles. The summed E-state index contributed by atoms with van der Waals surface area (Å²) in [5.74, 6) is 0. The van der Waals surface area contributed by atoms with Crippen LogP contribution in [-0.4, -0.2) is 44.3 Å². The minimum atomic E-state index is 0.429. The van der Waals surface area contributed by atoms with E-state index in [1.165, 1.54) is 0 Å². The molecule has 1 aliphatic rings. The van der Waals surface area contributed by atoms with Gasteiger partial charge in [-0.15, -0.1) is 0 Å². The maximum Gasteiger partial charge on any atom is 0.0710 e. The molecule has 1 atom stereocenters. The molecule has 0 amide bonds. The third-order valence-electron chi connectivity index (χ3n) is 3.18. The summed E-state index contributed by atoms with van der Waals surface area (Å²) >= 11 is 3.53. The van der Waals surface area contributed by atoms with Crippen molar-refractivity contribution in [2.24, 2.45) is 0 Å². The van der Waals surface area contributed by atoms with Crippen LogP contribution < -0.4 is 5.32 Å². The molecule has 1 aromatic rings. The first-order valence-corrected chi connectivity index (χ1v) is 6.82. The lowest BCUT2D eigenvalue weighted by molar-refractivity contribution is 0.108. The Morgan fingerprint density at radius 1 is 1.47 bits per heavy atom. The first-order chi connectivity index (χ1) is 8.29. The van der Waals surface area contributed by atoms with Gasteiger partial charge in [-0.2, -0.15) is 0 Å². The zero-order valence-electron chi connectivity index (χ0n) is 10.2. The maximum atomic E-state index is 5.36. The van der Waals surface area contributed by atoms with Gasteiger partial charge in [0.15, 0.2) is 0 Å². The van der Waals surface area contributed by atoms with Crippen LogP contribution in [0.1, 0.15) is 6.42 Å². The SMILES string of the molecule is COC1CCN(CCNc2ccccc2Br)C1. The zero-order chi connectivity index (χ0) is 12.1. The highest BCUT2D eigenvalue weighted by atomic mass is 79.9. The standard InChI is InChI=1S/C13H19BrN2O/c1-17-11-6-8-16(10-11)9-7-15-13-5-3-2-4-12(13)14/h2-5,11,15H,6-10H2,1H3. The Balaban J connectivity index is 1.72. The molecule has 1 aromatic carbocycles.